The molecule has 3 nitrogen and oxygen atoms in total. The lowest BCUT2D eigenvalue weighted by Crippen LogP contribution is -2.01. The van der Waals surface area contributed by atoms with Crippen molar-refractivity contribution in [2.24, 2.45) is 0 Å². The van der Waals surface area contributed by atoms with Crippen molar-refractivity contribution in [3.8, 4) is 11.8 Å². The van der Waals surface area contributed by atoms with Crippen LogP contribution >= 0.6 is 0 Å². The molecule has 0 aliphatic carbocycles. The predicted molar refractivity (Wildman–Crippen MR) is 94.6 cm³/mol. The maximum absolute atomic E-state index is 13.8. The van der Waals surface area contributed by atoms with Gasteiger partial charge >= 0.3 is 0 Å². The third-order valence-corrected chi connectivity index (χ3v) is 3.80. The van der Waals surface area contributed by atoms with Gasteiger partial charge in [0.25, 0.3) is 0 Å². The molecule has 0 spiro atoms. The molecule has 0 N–H and O–H groups in total. The fraction of sp³-hybridized carbons (Fsp3) is 0.200. The number of nitrogens with zero attached hydrogens (tertiary/aromatic N) is 3. The molecule has 0 fully saturated rings. The van der Waals surface area contributed by atoms with Crippen LogP contribution in [0.5, 0.6) is 0 Å². The third kappa shape index (κ3) is 4.30. The van der Waals surface area contributed by atoms with Gasteiger partial charge in [-0.1, -0.05) is 18.2 Å². The number of benzene rings is 1. The molecule has 25 heavy (non-hydrogen) atoms. The standard InChI is InChI=1S/C20H19F2N3/c1-4-7-17(21)8-5-6-9-19-14(2)24-25(15(19)3)18-11-10-16(13-23)20(22)12-18/h4-8,10-12H,9H2,1-3H3/b6-5+,7-4-,17-8+. The molecule has 0 saturated carbocycles. The van der Waals surface area contributed by atoms with Crippen molar-refractivity contribution in [3.05, 3.63) is 82.7 Å². The molecule has 1 aromatic heterocycles. The zero-order valence-corrected chi connectivity index (χ0v) is 14.4. The highest BCUT2D eigenvalue weighted by molar-refractivity contribution is 5.43. The average molecular weight is 339 g/mol. The number of allylic oxidation sites excluding steroid dienone is 6. The molecule has 0 aliphatic rings. The van der Waals surface area contributed by atoms with E-state index in [1.807, 2.05) is 19.9 Å². The first-order valence-electron chi connectivity index (χ1n) is 7.88. The Bertz CT molecular complexity index is 896. The Labute approximate surface area is 146 Å². The molecule has 128 valence electrons. The van der Waals surface area contributed by atoms with Crippen molar-refractivity contribution in [1.29, 1.82) is 5.26 Å². The minimum atomic E-state index is -0.571. The Kier molecular flexibility index (Phi) is 6.02. The summed E-state index contributed by atoms with van der Waals surface area (Å²) in [7, 11) is 0. The van der Waals surface area contributed by atoms with Gasteiger partial charge in [0.05, 0.1) is 16.9 Å². The van der Waals surface area contributed by atoms with Crippen LogP contribution in [-0.2, 0) is 6.42 Å². The highest BCUT2D eigenvalue weighted by Crippen LogP contribution is 2.20. The van der Waals surface area contributed by atoms with Gasteiger partial charge in [-0.05, 0) is 51.5 Å². The Morgan fingerprint density at radius 1 is 1.36 bits per heavy atom. The zero-order valence-electron chi connectivity index (χ0n) is 14.4. The van der Waals surface area contributed by atoms with Gasteiger partial charge in [0.2, 0.25) is 0 Å². The third-order valence-electron chi connectivity index (χ3n) is 3.80. The summed E-state index contributed by atoms with van der Waals surface area (Å²) >= 11 is 0. The Hall–Kier alpha value is -3.00. The van der Waals surface area contributed by atoms with Crippen molar-refractivity contribution in [3.63, 3.8) is 0 Å². The van der Waals surface area contributed by atoms with Crippen LogP contribution in [0.1, 0.15) is 29.4 Å². The predicted octanol–water partition coefficient (Wildman–Crippen LogP) is 5.03. The van der Waals surface area contributed by atoms with Crippen molar-refractivity contribution < 1.29 is 8.78 Å². The van der Waals surface area contributed by atoms with Crippen molar-refractivity contribution in [2.75, 3.05) is 0 Å². The molecule has 1 aromatic carbocycles. The SMILES string of the molecule is C\C=C/C(F)=C\C=C\Cc1c(C)nn(-c2ccc(C#N)c(F)c2)c1C. The first-order valence-corrected chi connectivity index (χ1v) is 7.88. The van der Waals surface area contributed by atoms with Gasteiger partial charge in [-0.25, -0.2) is 13.5 Å². The van der Waals surface area contributed by atoms with Crippen LogP contribution in [0.15, 0.2) is 54.4 Å². The first kappa shape index (κ1) is 18.3. The minimum Gasteiger partial charge on any atom is -0.237 e. The molecule has 1 heterocycles. The highest BCUT2D eigenvalue weighted by Gasteiger charge is 2.13. The number of nitriles is 1. The van der Waals surface area contributed by atoms with E-state index >= 15 is 0 Å². The van der Waals surface area contributed by atoms with E-state index in [0.717, 1.165) is 17.0 Å². The number of hydrogen-bond donors (Lipinski definition) is 0. The number of halogens is 2. The number of rotatable bonds is 5. The fourth-order valence-electron chi connectivity index (χ4n) is 2.51. The van der Waals surface area contributed by atoms with E-state index in [9.17, 15) is 8.78 Å². The molecule has 2 rings (SSSR count). The van der Waals surface area contributed by atoms with E-state index in [2.05, 4.69) is 5.10 Å². The molecule has 0 atom stereocenters. The quantitative estimate of drug-likeness (QED) is 0.717. The topological polar surface area (TPSA) is 41.6 Å². The summed E-state index contributed by atoms with van der Waals surface area (Å²) in [6, 6.07) is 6.20. The van der Waals surface area contributed by atoms with Gasteiger partial charge in [-0.15, -0.1) is 0 Å². The summed E-state index contributed by atoms with van der Waals surface area (Å²) in [4.78, 5) is 0. The monoisotopic (exact) mass is 339 g/mol. The van der Waals surface area contributed by atoms with Crippen LogP contribution in [0.3, 0.4) is 0 Å². The van der Waals surface area contributed by atoms with Gasteiger partial charge in [0, 0.05) is 17.3 Å². The summed E-state index contributed by atoms with van der Waals surface area (Å²) in [5.41, 5.74) is 3.27. The lowest BCUT2D eigenvalue weighted by atomic mass is 10.1. The molecule has 0 aliphatic heterocycles. The van der Waals surface area contributed by atoms with Gasteiger partial charge in [0.15, 0.2) is 0 Å². The summed E-state index contributed by atoms with van der Waals surface area (Å²) in [6.45, 7) is 5.53. The van der Waals surface area contributed by atoms with Crippen LogP contribution in [-0.4, -0.2) is 9.78 Å². The molecule has 2 aromatic rings. The number of hydrogen-bond acceptors (Lipinski definition) is 2. The van der Waals surface area contributed by atoms with E-state index in [0.29, 0.717) is 12.1 Å². The van der Waals surface area contributed by atoms with Crippen molar-refractivity contribution in [1.82, 2.24) is 9.78 Å². The lowest BCUT2D eigenvalue weighted by molar-refractivity contribution is 0.621. The van der Waals surface area contributed by atoms with Crippen LogP contribution < -0.4 is 0 Å². The minimum absolute atomic E-state index is 0.00313. The lowest BCUT2D eigenvalue weighted by Gasteiger charge is -2.05. The molecule has 0 bridgehead atoms. The van der Waals surface area contributed by atoms with Crippen LogP contribution in [0.25, 0.3) is 5.69 Å². The van der Waals surface area contributed by atoms with Crippen LogP contribution in [0.2, 0.25) is 0 Å². The second kappa shape index (κ2) is 8.20. The zero-order chi connectivity index (χ0) is 18.4. The van der Waals surface area contributed by atoms with Crippen molar-refractivity contribution in [2.45, 2.75) is 27.2 Å². The Morgan fingerprint density at radius 2 is 2.12 bits per heavy atom. The maximum atomic E-state index is 13.8. The molecule has 0 amide bonds. The van der Waals surface area contributed by atoms with Gasteiger partial charge in [-0.3, -0.25) is 0 Å². The summed E-state index contributed by atoms with van der Waals surface area (Å²) in [5.74, 6) is -0.880. The number of aryl methyl sites for hydroxylation is 1. The maximum Gasteiger partial charge on any atom is 0.143 e. The largest absolute Gasteiger partial charge is 0.237 e. The van der Waals surface area contributed by atoms with E-state index < -0.39 is 5.82 Å². The molecular weight excluding hydrogens is 320 g/mol. The Morgan fingerprint density at radius 3 is 2.76 bits per heavy atom. The van der Waals surface area contributed by atoms with E-state index in [4.69, 9.17) is 5.26 Å². The number of aromatic nitrogens is 2. The second-order valence-electron chi connectivity index (χ2n) is 5.52. The van der Waals surface area contributed by atoms with Gasteiger partial charge in [-0.2, -0.15) is 10.4 Å². The molecular formula is C20H19F2N3. The smallest absolute Gasteiger partial charge is 0.143 e. The summed E-state index contributed by atoms with van der Waals surface area (Å²) < 4.78 is 28.8. The molecule has 0 saturated heterocycles. The summed E-state index contributed by atoms with van der Waals surface area (Å²) in [5, 5.41) is 13.3. The van der Waals surface area contributed by atoms with Crippen LogP contribution in [0, 0.1) is 31.0 Å². The van der Waals surface area contributed by atoms with E-state index in [1.54, 1.807) is 35.9 Å². The normalized spacial score (nSPS) is 12.2. The summed E-state index contributed by atoms with van der Waals surface area (Å²) in [6.07, 6.45) is 8.52. The highest BCUT2D eigenvalue weighted by atomic mass is 19.1. The van der Waals surface area contributed by atoms with Crippen LogP contribution in [0.4, 0.5) is 8.78 Å². The Balaban J connectivity index is 2.27. The molecule has 0 unspecified atom stereocenters. The fourth-order valence-corrected chi connectivity index (χ4v) is 2.51. The van der Waals surface area contributed by atoms with Gasteiger partial charge in [0.1, 0.15) is 17.7 Å². The van der Waals surface area contributed by atoms with E-state index in [-0.39, 0.29) is 11.4 Å². The first-order chi connectivity index (χ1) is 12.0. The van der Waals surface area contributed by atoms with Gasteiger partial charge < -0.3 is 0 Å². The second-order valence-corrected chi connectivity index (χ2v) is 5.52. The molecule has 0 radical (unpaired) electrons. The molecule has 5 heteroatoms. The van der Waals surface area contributed by atoms with E-state index in [1.165, 1.54) is 24.3 Å². The van der Waals surface area contributed by atoms with Crippen molar-refractivity contribution >= 4 is 0 Å². The average Bonchev–Trinajstić information content (AvgIpc) is 2.86.